The molecule has 4 aromatic carbocycles. The van der Waals surface area contributed by atoms with Gasteiger partial charge in [-0.1, -0.05) is 36.3 Å². The van der Waals surface area contributed by atoms with E-state index in [1.165, 1.54) is 21.5 Å². The van der Waals surface area contributed by atoms with Gasteiger partial charge in [-0.25, -0.2) is 0 Å². The summed E-state index contributed by atoms with van der Waals surface area (Å²) in [5.41, 5.74) is 0.645. The molecule has 4 aromatic rings. The average Bonchev–Trinajstić information content (AvgIpc) is 2.57. The molecule has 0 unspecified atom stereocenters. The predicted octanol–water partition coefficient (Wildman–Crippen LogP) is 5.35. The minimum absolute atomic E-state index is 0.131. The van der Waals surface area contributed by atoms with Crippen LogP contribution in [0.25, 0.3) is 32.3 Å². The molecule has 0 fully saturated rings. The number of carbonyl (C=O) groups is 1. The van der Waals surface area contributed by atoms with Crippen LogP contribution in [0.2, 0.25) is 0 Å². The predicted molar refractivity (Wildman–Crippen MR) is 96.7 cm³/mol. The summed E-state index contributed by atoms with van der Waals surface area (Å²) in [4.78, 5) is 12.0. The molecule has 0 aliphatic heterocycles. The van der Waals surface area contributed by atoms with E-state index < -0.39 is 0 Å². The number of carbonyl (C=O) groups excluding carboxylic acids is 1. The number of hydrogen-bond donors (Lipinski definition) is 0. The van der Waals surface area contributed by atoms with Gasteiger partial charge in [-0.3, -0.25) is 4.79 Å². The summed E-state index contributed by atoms with van der Waals surface area (Å²) in [6.45, 7) is 1.68. The lowest BCUT2D eigenvalue weighted by atomic mass is 9.98. The first-order valence-corrected chi connectivity index (χ1v) is 7.58. The van der Waals surface area contributed by atoms with Crippen LogP contribution < -0.4 is 0 Å². The molecular formula is C22H14O. The first-order chi connectivity index (χ1) is 11.2. The van der Waals surface area contributed by atoms with Gasteiger partial charge in [0.1, 0.15) is 0 Å². The highest BCUT2D eigenvalue weighted by Crippen LogP contribution is 2.28. The summed E-state index contributed by atoms with van der Waals surface area (Å²) in [6, 6.07) is 22.9. The van der Waals surface area contributed by atoms with E-state index in [1.54, 1.807) is 6.92 Å². The monoisotopic (exact) mass is 294 g/mol. The minimum Gasteiger partial charge on any atom is -0.279 e. The fourth-order valence-electron chi connectivity index (χ4n) is 3.02. The zero-order valence-corrected chi connectivity index (χ0v) is 12.8. The van der Waals surface area contributed by atoms with Crippen LogP contribution in [0.5, 0.6) is 0 Å². The second-order valence-corrected chi connectivity index (χ2v) is 5.66. The molecule has 4 rings (SSSR count). The van der Waals surface area contributed by atoms with Crippen molar-refractivity contribution in [3.05, 3.63) is 72.3 Å². The summed E-state index contributed by atoms with van der Waals surface area (Å²) < 4.78 is 0. The highest BCUT2D eigenvalue weighted by Gasteiger charge is 2.05. The van der Waals surface area contributed by atoms with Crippen LogP contribution in [-0.4, -0.2) is 5.78 Å². The van der Waals surface area contributed by atoms with Gasteiger partial charge in [0.25, 0.3) is 0 Å². The lowest BCUT2D eigenvalue weighted by molar-refractivity contribution is 0.105. The molecule has 0 aliphatic carbocycles. The van der Waals surface area contributed by atoms with Crippen molar-refractivity contribution in [3.8, 4) is 11.8 Å². The molecule has 0 bridgehead atoms. The molecule has 1 heteroatoms. The number of hydrogen-bond acceptors (Lipinski definition) is 1. The number of fused-ring (bicyclic) bond motifs is 3. The average molecular weight is 294 g/mol. The fourth-order valence-corrected chi connectivity index (χ4v) is 3.02. The molecule has 0 aliphatic rings. The van der Waals surface area contributed by atoms with E-state index >= 15 is 0 Å². The third-order valence-electron chi connectivity index (χ3n) is 4.16. The van der Waals surface area contributed by atoms with E-state index in [0.29, 0.717) is 5.56 Å². The van der Waals surface area contributed by atoms with E-state index in [1.807, 2.05) is 18.2 Å². The van der Waals surface area contributed by atoms with Crippen LogP contribution in [0.3, 0.4) is 0 Å². The van der Waals surface area contributed by atoms with E-state index in [-0.39, 0.29) is 5.78 Å². The van der Waals surface area contributed by atoms with Gasteiger partial charge in [-0.15, -0.1) is 0 Å². The van der Waals surface area contributed by atoms with E-state index in [0.717, 1.165) is 10.8 Å². The summed E-state index contributed by atoms with van der Waals surface area (Å²) in [6.07, 6.45) is 0. The Morgan fingerprint density at radius 2 is 1.22 bits per heavy atom. The molecular weight excluding hydrogens is 280 g/mol. The van der Waals surface area contributed by atoms with Crippen molar-refractivity contribution in [2.45, 2.75) is 6.92 Å². The van der Waals surface area contributed by atoms with Crippen molar-refractivity contribution >= 4 is 38.1 Å². The minimum atomic E-state index is -0.131. The number of Topliss-reactive ketones (excluding diaryl/α,β-unsaturated/α-hetero) is 1. The number of rotatable bonds is 1. The highest BCUT2D eigenvalue weighted by atomic mass is 16.1. The molecule has 23 heavy (non-hydrogen) atoms. The third kappa shape index (κ3) is 2.35. The van der Waals surface area contributed by atoms with Gasteiger partial charge in [0.05, 0.1) is 0 Å². The second kappa shape index (κ2) is 5.26. The van der Waals surface area contributed by atoms with Crippen LogP contribution in [0.4, 0.5) is 0 Å². The van der Waals surface area contributed by atoms with Gasteiger partial charge in [0.15, 0.2) is 0 Å². The molecule has 0 spiro atoms. The Balaban J connectivity index is 1.98. The van der Waals surface area contributed by atoms with Gasteiger partial charge >= 0.3 is 0 Å². The Hall–Kier alpha value is -3.11. The maximum absolute atomic E-state index is 12.0. The Morgan fingerprint density at radius 1 is 0.696 bits per heavy atom. The van der Waals surface area contributed by atoms with Crippen molar-refractivity contribution < 1.29 is 4.79 Å². The van der Waals surface area contributed by atoms with Crippen LogP contribution >= 0.6 is 0 Å². The molecule has 0 amide bonds. The van der Waals surface area contributed by atoms with Gasteiger partial charge in [0.2, 0.25) is 5.78 Å². The van der Waals surface area contributed by atoms with E-state index in [4.69, 9.17) is 0 Å². The quantitative estimate of drug-likeness (QED) is 0.200. The maximum Gasteiger partial charge on any atom is 0.235 e. The van der Waals surface area contributed by atoms with Crippen molar-refractivity contribution in [1.29, 1.82) is 0 Å². The molecule has 0 atom stereocenters. The smallest absolute Gasteiger partial charge is 0.235 e. The Labute approximate surface area is 134 Å². The topological polar surface area (TPSA) is 17.1 Å². The lowest BCUT2D eigenvalue weighted by Gasteiger charge is -2.06. The van der Waals surface area contributed by atoms with Crippen molar-refractivity contribution in [2.24, 2.45) is 0 Å². The molecule has 0 saturated carbocycles. The molecule has 0 aromatic heterocycles. The standard InChI is InChI=1S/C22H14O/c1-2-5-22(23)18-9-8-17-12-20-10-15-6-3-4-7-16(15)11-21(20)14-19(17)13-18/h3-4,6-14H,1H3. The molecule has 0 radical (unpaired) electrons. The Morgan fingerprint density at radius 3 is 1.83 bits per heavy atom. The summed E-state index contributed by atoms with van der Waals surface area (Å²) in [7, 11) is 0. The normalized spacial score (nSPS) is 10.7. The van der Waals surface area contributed by atoms with E-state index in [2.05, 4.69) is 60.4 Å². The van der Waals surface area contributed by atoms with Gasteiger partial charge in [-0.2, -0.15) is 0 Å². The summed E-state index contributed by atoms with van der Waals surface area (Å²) in [5, 5.41) is 7.06. The zero-order valence-electron chi connectivity index (χ0n) is 12.8. The largest absolute Gasteiger partial charge is 0.279 e. The SMILES string of the molecule is CC#CC(=O)c1ccc2cc3cc4ccccc4cc3cc2c1. The molecule has 0 N–H and O–H groups in total. The van der Waals surface area contributed by atoms with Gasteiger partial charge in [-0.05, 0) is 81.6 Å². The van der Waals surface area contributed by atoms with Gasteiger partial charge in [0, 0.05) is 5.56 Å². The van der Waals surface area contributed by atoms with Crippen LogP contribution in [-0.2, 0) is 0 Å². The van der Waals surface area contributed by atoms with Crippen LogP contribution in [0, 0.1) is 11.8 Å². The van der Waals surface area contributed by atoms with E-state index in [9.17, 15) is 4.79 Å². The molecule has 1 nitrogen and oxygen atoms in total. The fraction of sp³-hybridized carbons (Fsp3) is 0.0455. The molecule has 0 saturated heterocycles. The van der Waals surface area contributed by atoms with Crippen LogP contribution in [0.15, 0.2) is 66.7 Å². The Kier molecular flexibility index (Phi) is 3.10. The third-order valence-corrected chi connectivity index (χ3v) is 4.16. The highest BCUT2D eigenvalue weighted by molar-refractivity contribution is 6.12. The van der Waals surface area contributed by atoms with Crippen molar-refractivity contribution in [3.63, 3.8) is 0 Å². The van der Waals surface area contributed by atoms with Crippen molar-refractivity contribution in [1.82, 2.24) is 0 Å². The molecule has 108 valence electrons. The first-order valence-electron chi connectivity index (χ1n) is 7.58. The van der Waals surface area contributed by atoms with Crippen LogP contribution in [0.1, 0.15) is 17.3 Å². The van der Waals surface area contributed by atoms with Gasteiger partial charge < -0.3 is 0 Å². The molecule has 0 heterocycles. The second-order valence-electron chi connectivity index (χ2n) is 5.66. The Bertz CT molecular complexity index is 1140. The zero-order chi connectivity index (χ0) is 15.8. The number of benzene rings is 4. The summed E-state index contributed by atoms with van der Waals surface area (Å²) >= 11 is 0. The number of ketones is 1. The first kappa shape index (κ1) is 13.5. The van der Waals surface area contributed by atoms with Crippen molar-refractivity contribution in [2.75, 3.05) is 0 Å². The summed E-state index contributed by atoms with van der Waals surface area (Å²) in [5.74, 6) is 5.13. The maximum atomic E-state index is 12.0. The lowest BCUT2D eigenvalue weighted by Crippen LogP contribution is -1.94.